The van der Waals surface area contributed by atoms with E-state index in [0.29, 0.717) is 19.8 Å². The fourth-order valence-electron chi connectivity index (χ4n) is 3.54. The Labute approximate surface area is 181 Å². The first kappa shape index (κ1) is 23.4. The quantitative estimate of drug-likeness (QED) is 0.649. The second-order valence-corrected chi connectivity index (χ2v) is 14.9. The van der Waals surface area contributed by atoms with Gasteiger partial charge in [-0.05, 0) is 43.6 Å². The maximum absolute atomic E-state index is 11.0. The Morgan fingerprint density at radius 1 is 1.23 bits per heavy atom. The van der Waals surface area contributed by atoms with Crippen LogP contribution in [0.2, 0.25) is 18.1 Å². The number of benzene rings is 1. The number of aliphatic hydroxyl groups excluding tert-OH is 1. The van der Waals surface area contributed by atoms with Crippen LogP contribution >= 0.6 is 0 Å². The average Bonchev–Trinajstić information content (AvgIpc) is 3.00. The van der Waals surface area contributed by atoms with Crippen molar-refractivity contribution in [1.82, 2.24) is 5.06 Å². The summed E-state index contributed by atoms with van der Waals surface area (Å²) >= 11 is 0. The summed E-state index contributed by atoms with van der Waals surface area (Å²) in [5.74, 6) is -0.423. The van der Waals surface area contributed by atoms with Gasteiger partial charge in [0, 0.05) is 0 Å². The van der Waals surface area contributed by atoms with Crippen LogP contribution in [0.1, 0.15) is 40.2 Å². The number of rotatable bonds is 6. The third-order valence-corrected chi connectivity index (χ3v) is 10.7. The zero-order chi connectivity index (χ0) is 22.2. The van der Waals surface area contributed by atoms with Crippen LogP contribution in [-0.4, -0.2) is 55.7 Å². The molecule has 3 atom stereocenters. The maximum atomic E-state index is 11.0. The van der Waals surface area contributed by atoms with E-state index in [2.05, 4.69) is 46.0 Å². The molecule has 1 fully saturated rings. The topological polar surface area (TPSA) is 60.4 Å². The van der Waals surface area contributed by atoms with E-state index in [1.165, 1.54) is 0 Å². The molecule has 1 N–H and O–H groups in total. The second-order valence-electron chi connectivity index (χ2n) is 10.1. The lowest BCUT2D eigenvalue weighted by molar-refractivity contribution is -0.224. The van der Waals surface area contributed by atoms with Gasteiger partial charge in [0.25, 0.3) is 0 Å². The van der Waals surface area contributed by atoms with Crippen LogP contribution in [0.3, 0.4) is 0 Å². The summed E-state index contributed by atoms with van der Waals surface area (Å²) in [6, 6.07) is 9.63. The fraction of sp³-hybridized carbons (Fsp3) is 0.652. The van der Waals surface area contributed by atoms with Crippen molar-refractivity contribution in [2.45, 2.75) is 83.3 Å². The van der Waals surface area contributed by atoms with E-state index in [1.807, 2.05) is 37.1 Å². The molecule has 0 aromatic heterocycles. The molecule has 1 aromatic carbocycles. The molecule has 1 aromatic rings. The number of hydroxylamine groups is 2. The highest BCUT2D eigenvalue weighted by Crippen LogP contribution is 2.41. The van der Waals surface area contributed by atoms with Crippen molar-refractivity contribution in [3.8, 4) is 0 Å². The molecule has 0 amide bonds. The van der Waals surface area contributed by atoms with Crippen LogP contribution in [0.15, 0.2) is 42.2 Å². The highest BCUT2D eigenvalue weighted by atomic mass is 28.4. The van der Waals surface area contributed by atoms with E-state index in [9.17, 15) is 5.11 Å². The van der Waals surface area contributed by atoms with Crippen LogP contribution in [0.5, 0.6) is 0 Å². The van der Waals surface area contributed by atoms with Crippen molar-refractivity contribution in [3.05, 3.63) is 47.7 Å². The van der Waals surface area contributed by atoms with Crippen molar-refractivity contribution in [2.75, 3.05) is 13.2 Å². The minimum Gasteiger partial charge on any atom is -0.511 e. The average molecular weight is 436 g/mol. The highest BCUT2D eigenvalue weighted by molar-refractivity contribution is 6.74. The van der Waals surface area contributed by atoms with Gasteiger partial charge in [0.15, 0.2) is 14.1 Å². The summed E-state index contributed by atoms with van der Waals surface area (Å²) in [4.78, 5) is 5.99. The molecule has 168 valence electrons. The maximum Gasteiger partial charge on any atom is 0.192 e. The van der Waals surface area contributed by atoms with Crippen molar-refractivity contribution in [2.24, 2.45) is 0 Å². The number of nitrogens with zero attached hydrogens (tertiary/aromatic N) is 1. The summed E-state index contributed by atoms with van der Waals surface area (Å²) in [6.45, 7) is 16.2. The first-order chi connectivity index (χ1) is 13.9. The third-order valence-electron chi connectivity index (χ3n) is 6.27. The van der Waals surface area contributed by atoms with Crippen LogP contribution in [0, 0.1) is 0 Å². The molecule has 0 saturated carbocycles. The van der Waals surface area contributed by atoms with Gasteiger partial charge < -0.3 is 19.0 Å². The van der Waals surface area contributed by atoms with Crippen molar-refractivity contribution in [3.63, 3.8) is 0 Å². The van der Waals surface area contributed by atoms with E-state index in [1.54, 1.807) is 6.08 Å². The standard InChI is InChI=1S/C23H37NO5Si/c1-22(2,3)30(6,7)29-21(19-16-26-23(4,5)28-19)20-18(25)13-14-27-24(20)15-17-11-9-8-10-12-17/h8-13,19-21,25H,14-16H2,1-7H3/t19-,20?,21+/m0/s1. The van der Waals surface area contributed by atoms with Crippen molar-refractivity contribution < 1.29 is 23.8 Å². The van der Waals surface area contributed by atoms with Gasteiger partial charge in [0.1, 0.15) is 17.9 Å². The summed E-state index contributed by atoms with van der Waals surface area (Å²) in [5.41, 5.74) is 1.10. The zero-order valence-electron chi connectivity index (χ0n) is 19.3. The minimum atomic E-state index is -2.17. The van der Waals surface area contributed by atoms with Gasteiger partial charge in [-0.1, -0.05) is 51.1 Å². The van der Waals surface area contributed by atoms with Gasteiger partial charge in [-0.2, -0.15) is 5.06 Å². The summed E-state index contributed by atoms with van der Waals surface area (Å²) < 4.78 is 19.0. The van der Waals surface area contributed by atoms with E-state index < -0.39 is 26.3 Å². The molecule has 0 aliphatic carbocycles. The van der Waals surface area contributed by atoms with E-state index in [0.717, 1.165) is 5.56 Å². The van der Waals surface area contributed by atoms with Crippen LogP contribution < -0.4 is 0 Å². The Kier molecular flexibility index (Phi) is 6.82. The number of aliphatic hydroxyl groups is 1. The molecule has 1 saturated heterocycles. The molecule has 7 heteroatoms. The van der Waals surface area contributed by atoms with Crippen LogP contribution in [-0.2, 0) is 25.3 Å². The molecule has 2 aliphatic heterocycles. The predicted molar refractivity (Wildman–Crippen MR) is 119 cm³/mol. The molecular formula is C23H37NO5Si. The van der Waals surface area contributed by atoms with E-state index >= 15 is 0 Å². The number of hydrogen-bond donors (Lipinski definition) is 1. The highest BCUT2D eigenvalue weighted by Gasteiger charge is 2.50. The van der Waals surface area contributed by atoms with E-state index in [4.69, 9.17) is 18.7 Å². The smallest absolute Gasteiger partial charge is 0.192 e. The fourth-order valence-corrected chi connectivity index (χ4v) is 4.86. The number of hydrogen-bond acceptors (Lipinski definition) is 6. The molecule has 0 bridgehead atoms. The Morgan fingerprint density at radius 3 is 2.47 bits per heavy atom. The molecule has 2 aliphatic rings. The Bertz CT molecular complexity index is 744. The molecule has 3 rings (SSSR count). The lowest BCUT2D eigenvalue weighted by Gasteiger charge is -2.45. The first-order valence-electron chi connectivity index (χ1n) is 10.7. The van der Waals surface area contributed by atoms with Gasteiger partial charge in [-0.25, -0.2) is 0 Å². The predicted octanol–water partition coefficient (Wildman–Crippen LogP) is 4.79. The minimum absolute atomic E-state index is 0.0132. The summed E-state index contributed by atoms with van der Waals surface area (Å²) in [6.07, 6.45) is 0.984. The Balaban J connectivity index is 1.94. The van der Waals surface area contributed by atoms with Crippen LogP contribution in [0.4, 0.5) is 0 Å². The lowest BCUT2D eigenvalue weighted by Crippen LogP contribution is -2.58. The van der Waals surface area contributed by atoms with Crippen LogP contribution in [0.25, 0.3) is 0 Å². The van der Waals surface area contributed by atoms with Gasteiger partial charge in [-0.15, -0.1) is 0 Å². The lowest BCUT2D eigenvalue weighted by atomic mass is 10.0. The zero-order valence-corrected chi connectivity index (χ0v) is 20.3. The molecule has 0 radical (unpaired) electrons. The molecule has 30 heavy (non-hydrogen) atoms. The first-order valence-corrected chi connectivity index (χ1v) is 13.6. The second kappa shape index (κ2) is 8.73. The van der Waals surface area contributed by atoms with E-state index in [-0.39, 0.29) is 16.9 Å². The monoisotopic (exact) mass is 435 g/mol. The van der Waals surface area contributed by atoms with Crippen molar-refractivity contribution >= 4 is 8.32 Å². The molecule has 1 unspecified atom stereocenters. The van der Waals surface area contributed by atoms with Gasteiger partial charge in [-0.3, -0.25) is 4.84 Å². The van der Waals surface area contributed by atoms with Gasteiger partial charge in [0.2, 0.25) is 0 Å². The third kappa shape index (κ3) is 5.33. The van der Waals surface area contributed by atoms with Gasteiger partial charge >= 0.3 is 0 Å². The molecular weight excluding hydrogens is 398 g/mol. The molecule has 2 heterocycles. The SMILES string of the molecule is CC1(C)OC[C@@H]([C@@H](O[Si](C)(C)C(C)(C)C)C2C(O)=CCON2Cc2ccccc2)O1. The number of ether oxygens (including phenoxy) is 2. The van der Waals surface area contributed by atoms with Gasteiger partial charge in [0.05, 0.1) is 25.9 Å². The van der Waals surface area contributed by atoms with Crippen molar-refractivity contribution in [1.29, 1.82) is 0 Å². The Hall–Kier alpha value is -1.22. The molecule has 0 spiro atoms. The summed E-state index contributed by atoms with van der Waals surface area (Å²) in [5, 5.41) is 12.8. The largest absolute Gasteiger partial charge is 0.511 e. The Morgan fingerprint density at radius 2 is 1.90 bits per heavy atom. The normalized spacial score (nSPS) is 26.4. The molecule has 6 nitrogen and oxygen atoms in total. The summed E-state index contributed by atoms with van der Waals surface area (Å²) in [7, 11) is -2.17.